The van der Waals surface area contributed by atoms with Crippen LogP contribution in [0.3, 0.4) is 0 Å². The number of nitrogens with one attached hydrogen (secondary N) is 1. The quantitative estimate of drug-likeness (QED) is 0.352. The van der Waals surface area contributed by atoms with Gasteiger partial charge in [-0.2, -0.15) is 4.39 Å². The number of hydrogen-bond donors (Lipinski definition) is 1. The number of aromatic nitrogens is 1. The number of carbonyl (C=O) groups excluding carboxylic acids is 1. The van der Waals surface area contributed by atoms with Gasteiger partial charge in [-0.05, 0) is 54.8 Å². The highest BCUT2D eigenvalue weighted by Crippen LogP contribution is 2.21. The van der Waals surface area contributed by atoms with Crippen molar-refractivity contribution in [3.63, 3.8) is 0 Å². The van der Waals surface area contributed by atoms with Crippen LogP contribution in [0.1, 0.15) is 48.0 Å². The number of sulfone groups is 1. The molecule has 8 heteroatoms. The Morgan fingerprint density at radius 3 is 2.55 bits per heavy atom. The van der Waals surface area contributed by atoms with Gasteiger partial charge in [0.15, 0.2) is 9.84 Å². The number of carbonyl (C=O) groups is 1. The Morgan fingerprint density at radius 2 is 2.00 bits per heavy atom. The minimum Gasteiger partial charge on any atom is -0.458 e. The maximum atomic E-state index is 13.8. The van der Waals surface area contributed by atoms with Gasteiger partial charge in [-0.3, -0.25) is 9.78 Å². The number of ether oxygens (including phenoxy) is 1. The number of nitrogens with zero attached hydrogens (tertiary/aromatic N) is 1. The van der Waals surface area contributed by atoms with Gasteiger partial charge >= 0.3 is 0 Å². The molecule has 6 nitrogen and oxygen atoms in total. The Balaban J connectivity index is 2.15. The number of benzene rings is 1. The van der Waals surface area contributed by atoms with E-state index in [1.54, 1.807) is 50.3 Å². The lowest BCUT2D eigenvalue weighted by atomic mass is 10.1. The largest absolute Gasteiger partial charge is 0.458 e. The van der Waals surface area contributed by atoms with Crippen molar-refractivity contribution in [1.82, 2.24) is 10.3 Å². The molecule has 1 amide bonds. The lowest BCUT2D eigenvalue weighted by Gasteiger charge is -2.17. The van der Waals surface area contributed by atoms with Gasteiger partial charge in [-0.25, -0.2) is 8.42 Å². The first-order valence-electron chi connectivity index (χ1n) is 10.1. The predicted molar refractivity (Wildman–Crippen MR) is 127 cm³/mol. The molecule has 0 aliphatic heterocycles. The normalized spacial score (nSPS) is 12.8. The Morgan fingerprint density at radius 1 is 1.30 bits per heavy atom. The number of rotatable bonds is 8. The number of hydrogen-bond acceptors (Lipinski definition) is 5. The summed E-state index contributed by atoms with van der Waals surface area (Å²) in [6.45, 7) is 6.14. The standard InChI is InChI=1S/C25H27FN2O4S/c1-7-8-21(32-25(4,5)26)14-18(3)22-12-11-20(16-27-22)24(29)28-15-19-10-9-17(2)13-23(19)33(6,30)31/h1,8-14,16H,15H2,2-6H3,(H,28,29)/b18-14+,21-8+. The summed E-state index contributed by atoms with van der Waals surface area (Å²) in [5.41, 5.74) is 2.83. The third-order valence-electron chi connectivity index (χ3n) is 4.44. The highest BCUT2D eigenvalue weighted by Gasteiger charge is 2.18. The van der Waals surface area contributed by atoms with Crippen molar-refractivity contribution in [2.45, 2.75) is 45.0 Å². The molecular formula is C25H27FN2O4S. The summed E-state index contributed by atoms with van der Waals surface area (Å²) in [7, 11) is -3.43. The molecule has 0 saturated carbocycles. The molecule has 0 bridgehead atoms. The van der Waals surface area contributed by atoms with E-state index in [-0.39, 0.29) is 17.2 Å². The zero-order valence-corrected chi connectivity index (χ0v) is 20.1. The highest BCUT2D eigenvalue weighted by molar-refractivity contribution is 7.90. The van der Waals surface area contributed by atoms with Crippen molar-refractivity contribution in [2.75, 3.05) is 6.26 Å². The van der Waals surface area contributed by atoms with E-state index in [2.05, 4.69) is 16.2 Å². The number of halogens is 1. The van der Waals surface area contributed by atoms with Gasteiger partial charge in [-0.15, -0.1) is 6.42 Å². The fourth-order valence-electron chi connectivity index (χ4n) is 2.94. The minimum atomic E-state index is -3.43. The maximum Gasteiger partial charge on any atom is 0.253 e. The van der Waals surface area contributed by atoms with Gasteiger partial charge in [0.2, 0.25) is 5.85 Å². The molecule has 0 radical (unpaired) electrons. The number of aryl methyl sites for hydroxylation is 1. The number of allylic oxidation sites excluding steroid dienone is 3. The molecule has 0 aliphatic carbocycles. The van der Waals surface area contributed by atoms with Gasteiger partial charge in [-0.1, -0.05) is 18.1 Å². The van der Waals surface area contributed by atoms with E-state index < -0.39 is 21.6 Å². The molecule has 1 aromatic carbocycles. The van der Waals surface area contributed by atoms with Gasteiger partial charge in [0, 0.05) is 38.9 Å². The highest BCUT2D eigenvalue weighted by atomic mass is 32.2. The van der Waals surface area contributed by atoms with Crippen LogP contribution in [0, 0.1) is 19.3 Å². The van der Waals surface area contributed by atoms with Crippen molar-refractivity contribution in [3.8, 4) is 12.3 Å². The summed E-state index contributed by atoms with van der Waals surface area (Å²) >= 11 is 0. The SMILES string of the molecule is C#C/C=C(\C=C(/C)c1ccc(C(=O)NCc2ccc(C)cc2S(C)(=O)=O)cn1)OC(C)(C)F. The zero-order valence-electron chi connectivity index (χ0n) is 19.3. The molecule has 1 aromatic heterocycles. The van der Waals surface area contributed by atoms with E-state index in [0.29, 0.717) is 22.4 Å². The Hall–Kier alpha value is -3.44. The summed E-state index contributed by atoms with van der Waals surface area (Å²) < 4.78 is 43.1. The van der Waals surface area contributed by atoms with E-state index >= 15 is 0 Å². The van der Waals surface area contributed by atoms with Gasteiger partial charge in [0.25, 0.3) is 5.91 Å². The van der Waals surface area contributed by atoms with Crippen LogP contribution in [0.5, 0.6) is 0 Å². The fourth-order valence-corrected chi connectivity index (χ4v) is 3.96. The Labute approximate surface area is 194 Å². The van der Waals surface area contributed by atoms with Crippen LogP contribution in [-0.4, -0.2) is 31.4 Å². The van der Waals surface area contributed by atoms with E-state index in [9.17, 15) is 17.6 Å². The number of pyridine rings is 1. The van der Waals surface area contributed by atoms with Crippen LogP contribution in [0.25, 0.3) is 5.57 Å². The van der Waals surface area contributed by atoms with Crippen LogP contribution >= 0.6 is 0 Å². The molecule has 2 aromatic rings. The van der Waals surface area contributed by atoms with Crippen molar-refractivity contribution < 1.29 is 22.3 Å². The second kappa shape index (κ2) is 10.5. The average molecular weight is 471 g/mol. The van der Waals surface area contributed by atoms with E-state index in [1.807, 2.05) is 0 Å². The molecule has 2 rings (SSSR count). The molecule has 0 atom stereocenters. The van der Waals surface area contributed by atoms with Crippen molar-refractivity contribution >= 4 is 21.3 Å². The second-order valence-corrected chi connectivity index (χ2v) is 9.99. The number of terminal acetylenes is 1. The van der Waals surface area contributed by atoms with Crippen LogP contribution in [0.4, 0.5) is 4.39 Å². The molecule has 0 unspecified atom stereocenters. The molecule has 174 valence electrons. The van der Waals surface area contributed by atoms with E-state index in [1.165, 1.54) is 26.1 Å². The molecular weight excluding hydrogens is 443 g/mol. The van der Waals surface area contributed by atoms with Crippen molar-refractivity contribution in [3.05, 3.63) is 76.8 Å². The van der Waals surface area contributed by atoms with Crippen molar-refractivity contribution in [2.24, 2.45) is 0 Å². The van der Waals surface area contributed by atoms with Crippen LogP contribution in [0.15, 0.2) is 59.3 Å². The van der Waals surface area contributed by atoms with Crippen molar-refractivity contribution in [1.29, 1.82) is 0 Å². The summed E-state index contributed by atoms with van der Waals surface area (Å²) in [6, 6.07) is 8.29. The molecule has 0 saturated heterocycles. The summed E-state index contributed by atoms with van der Waals surface area (Å²) in [5, 5.41) is 2.72. The first-order chi connectivity index (χ1) is 15.3. The first-order valence-corrected chi connectivity index (χ1v) is 12.0. The molecule has 1 heterocycles. The summed E-state index contributed by atoms with van der Waals surface area (Å²) in [5.74, 6) is 0.181. The minimum absolute atomic E-state index is 0.0544. The summed E-state index contributed by atoms with van der Waals surface area (Å²) in [6.07, 6.45) is 10.7. The lowest BCUT2D eigenvalue weighted by molar-refractivity contribution is -0.0741. The summed E-state index contributed by atoms with van der Waals surface area (Å²) in [4.78, 5) is 17.0. The molecule has 0 fully saturated rings. The van der Waals surface area contributed by atoms with Crippen LogP contribution in [-0.2, 0) is 21.1 Å². The smallest absolute Gasteiger partial charge is 0.253 e. The monoisotopic (exact) mass is 470 g/mol. The molecule has 1 N–H and O–H groups in total. The average Bonchev–Trinajstić information content (AvgIpc) is 2.71. The van der Waals surface area contributed by atoms with Crippen LogP contribution < -0.4 is 5.32 Å². The third kappa shape index (κ3) is 7.88. The van der Waals surface area contributed by atoms with Gasteiger partial charge < -0.3 is 10.1 Å². The second-order valence-electron chi connectivity index (χ2n) is 8.00. The van der Waals surface area contributed by atoms with Gasteiger partial charge in [0.1, 0.15) is 5.76 Å². The maximum absolute atomic E-state index is 13.8. The predicted octanol–water partition coefficient (Wildman–Crippen LogP) is 4.37. The Bertz CT molecular complexity index is 1230. The van der Waals surface area contributed by atoms with Crippen LogP contribution in [0.2, 0.25) is 0 Å². The number of alkyl halides is 1. The van der Waals surface area contributed by atoms with E-state index in [0.717, 1.165) is 11.8 Å². The molecule has 33 heavy (non-hydrogen) atoms. The number of amides is 1. The topological polar surface area (TPSA) is 85.4 Å². The third-order valence-corrected chi connectivity index (χ3v) is 5.62. The lowest BCUT2D eigenvalue weighted by Crippen LogP contribution is -2.24. The molecule has 0 aliphatic rings. The van der Waals surface area contributed by atoms with E-state index in [4.69, 9.17) is 11.2 Å². The first kappa shape index (κ1) is 25.8. The Kier molecular flexibility index (Phi) is 8.18. The fraction of sp³-hybridized carbons (Fsp3) is 0.280. The van der Waals surface area contributed by atoms with Gasteiger partial charge in [0.05, 0.1) is 16.2 Å². The molecule has 0 spiro atoms. The zero-order chi connectivity index (χ0) is 24.8.